The number of halogens is 3. The summed E-state index contributed by atoms with van der Waals surface area (Å²) >= 11 is 0. The monoisotopic (exact) mass is 540 g/mol. The molecule has 9 nitrogen and oxygen atoms in total. The molecule has 2 N–H and O–H groups in total. The predicted molar refractivity (Wildman–Crippen MR) is 138 cm³/mol. The van der Waals surface area contributed by atoms with Gasteiger partial charge in [0, 0.05) is 24.8 Å². The number of nitrogens with zero attached hydrogens (tertiary/aromatic N) is 5. The number of aromatic nitrogens is 4. The van der Waals surface area contributed by atoms with Crippen molar-refractivity contribution in [1.29, 1.82) is 0 Å². The van der Waals surface area contributed by atoms with Gasteiger partial charge in [-0.2, -0.15) is 18.3 Å². The Bertz CT molecular complexity index is 1500. The van der Waals surface area contributed by atoms with Crippen molar-refractivity contribution >= 4 is 17.2 Å². The number of benzene rings is 1. The molecule has 1 aliphatic heterocycles. The lowest BCUT2D eigenvalue weighted by atomic mass is 9.91. The van der Waals surface area contributed by atoms with E-state index in [0.717, 1.165) is 47.5 Å². The molecule has 204 valence electrons. The molecular weight excluding hydrogens is 513 g/mol. The van der Waals surface area contributed by atoms with E-state index in [1.165, 1.54) is 19.4 Å². The molecule has 5 rings (SSSR count). The highest BCUT2D eigenvalue weighted by Crippen LogP contribution is 2.39. The molecule has 3 aromatic heterocycles. The summed E-state index contributed by atoms with van der Waals surface area (Å²) in [6, 6.07) is 10.3. The summed E-state index contributed by atoms with van der Waals surface area (Å²) in [5.41, 5.74) is 6.08. The van der Waals surface area contributed by atoms with Crippen molar-refractivity contribution in [2.75, 3.05) is 33.0 Å². The summed E-state index contributed by atoms with van der Waals surface area (Å²) in [6.07, 6.45) is 0.345. The number of nitrogens with two attached hydrogens (primary N) is 1. The maximum atomic E-state index is 13.8. The number of fused-ring (bicyclic) bond motifs is 1. The highest BCUT2D eigenvalue weighted by atomic mass is 19.4. The highest BCUT2D eigenvalue weighted by Gasteiger charge is 2.37. The van der Waals surface area contributed by atoms with E-state index in [-0.39, 0.29) is 45.9 Å². The van der Waals surface area contributed by atoms with Gasteiger partial charge in [0.05, 0.1) is 25.5 Å². The van der Waals surface area contributed by atoms with E-state index >= 15 is 0 Å². The first-order valence-corrected chi connectivity index (χ1v) is 12.4. The second-order valence-corrected chi connectivity index (χ2v) is 9.44. The van der Waals surface area contributed by atoms with E-state index in [1.54, 1.807) is 12.0 Å². The Labute approximate surface area is 222 Å². The molecule has 12 heteroatoms. The minimum Gasteiger partial charge on any atom is -0.497 e. The van der Waals surface area contributed by atoms with Crippen molar-refractivity contribution in [3.8, 4) is 22.9 Å². The third kappa shape index (κ3) is 5.18. The van der Waals surface area contributed by atoms with Crippen LogP contribution in [0.2, 0.25) is 0 Å². The first-order chi connectivity index (χ1) is 18.7. The van der Waals surface area contributed by atoms with E-state index in [2.05, 4.69) is 15.1 Å². The van der Waals surface area contributed by atoms with Gasteiger partial charge < -0.3 is 20.1 Å². The molecule has 4 heterocycles. The Balaban J connectivity index is 1.45. The second kappa shape index (κ2) is 10.4. The average Bonchev–Trinajstić information content (AvgIpc) is 3.35. The van der Waals surface area contributed by atoms with Gasteiger partial charge in [0.1, 0.15) is 23.2 Å². The molecule has 0 aliphatic carbocycles. The van der Waals surface area contributed by atoms with Gasteiger partial charge in [-0.25, -0.2) is 14.5 Å². The van der Waals surface area contributed by atoms with Gasteiger partial charge in [-0.1, -0.05) is 12.1 Å². The highest BCUT2D eigenvalue weighted by molar-refractivity contribution is 5.97. The van der Waals surface area contributed by atoms with E-state index in [4.69, 9.17) is 15.2 Å². The number of piperidine rings is 1. The third-order valence-electron chi connectivity index (χ3n) is 6.95. The molecular formula is C27H27F3N6O3. The fourth-order valence-electron chi connectivity index (χ4n) is 5.08. The number of carbonyl (C=O) groups is 1. The van der Waals surface area contributed by atoms with Crippen LogP contribution in [0, 0.1) is 5.92 Å². The number of hydrogen-bond acceptors (Lipinski definition) is 7. The van der Waals surface area contributed by atoms with Crippen molar-refractivity contribution in [3.63, 3.8) is 0 Å². The molecule has 1 saturated heterocycles. The number of anilines is 1. The van der Waals surface area contributed by atoms with Gasteiger partial charge in [0.15, 0.2) is 5.82 Å². The van der Waals surface area contributed by atoms with Crippen molar-refractivity contribution in [2.24, 2.45) is 5.92 Å². The van der Waals surface area contributed by atoms with Gasteiger partial charge in [-0.05, 0) is 55.0 Å². The number of alkyl halides is 3. The quantitative estimate of drug-likeness (QED) is 0.384. The van der Waals surface area contributed by atoms with Crippen LogP contribution in [-0.4, -0.2) is 57.7 Å². The SMILES string of the molecule is COc1ccc(CC2CCCN(C(=O)c3cc(-c4cc(C(F)(F)F)c5c(N)ncnn45)cnc3OC)C2)cc1. The van der Waals surface area contributed by atoms with E-state index in [9.17, 15) is 18.0 Å². The molecule has 1 aliphatic rings. The molecule has 0 spiro atoms. The van der Waals surface area contributed by atoms with Crippen molar-refractivity contribution in [1.82, 2.24) is 24.5 Å². The van der Waals surface area contributed by atoms with Crippen molar-refractivity contribution in [3.05, 3.63) is 65.6 Å². The zero-order valence-electron chi connectivity index (χ0n) is 21.4. The van der Waals surface area contributed by atoms with Crippen LogP contribution in [0.3, 0.4) is 0 Å². The fourth-order valence-corrected chi connectivity index (χ4v) is 5.08. The molecule has 1 unspecified atom stereocenters. The molecule has 1 aromatic carbocycles. The first-order valence-electron chi connectivity index (χ1n) is 12.4. The normalized spacial score (nSPS) is 15.9. The zero-order valence-corrected chi connectivity index (χ0v) is 21.4. The lowest BCUT2D eigenvalue weighted by Crippen LogP contribution is -2.40. The molecule has 1 fully saturated rings. The van der Waals surface area contributed by atoms with Crippen molar-refractivity contribution in [2.45, 2.75) is 25.4 Å². The molecule has 0 saturated carbocycles. The maximum absolute atomic E-state index is 13.8. The summed E-state index contributed by atoms with van der Waals surface area (Å²) in [5.74, 6) is 0.518. The van der Waals surface area contributed by atoms with E-state index in [0.29, 0.717) is 13.1 Å². The first kappa shape index (κ1) is 26.3. The number of ether oxygens (including phenoxy) is 2. The number of rotatable bonds is 6. The third-order valence-corrected chi connectivity index (χ3v) is 6.95. The molecule has 0 bridgehead atoms. The molecule has 1 amide bonds. The summed E-state index contributed by atoms with van der Waals surface area (Å²) in [7, 11) is 3.01. The number of likely N-dealkylation sites (tertiary alicyclic amines) is 1. The number of hydrogen-bond donors (Lipinski definition) is 1. The van der Waals surface area contributed by atoms with Crippen LogP contribution in [0.1, 0.15) is 34.3 Å². The van der Waals surface area contributed by atoms with Gasteiger partial charge in [0.25, 0.3) is 5.91 Å². The zero-order chi connectivity index (χ0) is 27.7. The van der Waals surface area contributed by atoms with Crippen LogP contribution < -0.4 is 15.2 Å². The Morgan fingerprint density at radius 2 is 1.90 bits per heavy atom. The van der Waals surface area contributed by atoms with Crippen LogP contribution in [-0.2, 0) is 12.6 Å². The van der Waals surface area contributed by atoms with Gasteiger partial charge in [0.2, 0.25) is 5.88 Å². The Morgan fingerprint density at radius 3 is 2.59 bits per heavy atom. The standard InChI is InChI=1S/C27H27F3N6O3/c1-38-19-7-5-16(6-8-19)10-17-4-3-9-35(14-17)26(37)20-11-18(13-32-25(20)39-2)22-12-21(27(28,29)30)23-24(31)33-15-34-36(22)23/h5-8,11-13,15,17H,3-4,9-10,14H2,1-2H3,(H2,31,33,34). The summed E-state index contributed by atoms with van der Waals surface area (Å²) in [6.45, 7) is 1.09. The largest absolute Gasteiger partial charge is 0.497 e. The van der Waals surface area contributed by atoms with E-state index < -0.39 is 11.7 Å². The summed E-state index contributed by atoms with van der Waals surface area (Å²) in [5, 5.41) is 3.98. The number of carbonyl (C=O) groups excluding carboxylic acids is 1. The van der Waals surface area contributed by atoms with Crippen LogP contribution in [0.4, 0.5) is 19.0 Å². The van der Waals surface area contributed by atoms with Crippen molar-refractivity contribution < 1.29 is 27.4 Å². The Morgan fingerprint density at radius 1 is 1.13 bits per heavy atom. The minimum atomic E-state index is -4.69. The number of methoxy groups -OCH3 is 2. The average molecular weight is 541 g/mol. The minimum absolute atomic E-state index is 0.0756. The lowest BCUT2D eigenvalue weighted by Gasteiger charge is -2.33. The summed E-state index contributed by atoms with van der Waals surface area (Å²) < 4.78 is 53.0. The smallest absolute Gasteiger partial charge is 0.418 e. The second-order valence-electron chi connectivity index (χ2n) is 9.44. The molecule has 0 radical (unpaired) electrons. The molecule has 39 heavy (non-hydrogen) atoms. The van der Waals surface area contributed by atoms with Gasteiger partial charge >= 0.3 is 6.18 Å². The fraction of sp³-hybridized carbons (Fsp3) is 0.333. The van der Waals surface area contributed by atoms with Crippen LogP contribution in [0.5, 0.6) is 11.6 Å². The molecule has 4 aromatic rings. The van der Waals surface area contributed by atoms with Crippen LogP contribution in [0.25, 0.3) is 16.8 Å². The Kier molecular flexibility index (Phi) is 7.02. The topological polar surface area (TPSA) is 108 Å². The summed E-state index contributed by atoms with van der Waals surface area (Å²) in [4.78, 5) is 23.4. The van der Waals surface area contributed by atoms with Gasteiger partial charge in [-0.15, -0.1) is 0 Å². The molecule has 1 atom stereocenters. The van der Waals surface area contributed by atoms with Gasteiger partial charge in [-0.3, -0.25) is 4.79 Å². The number of pyridine rings is 1. The predicted octanol–water partition coefficient (Wildman–Crippen LogP) is 4.50. The van der Waals surface area contributed by atoms with Crippen LogP contribution in [0.15, 0.2) is 48.9 Å². The number of amides is 1. The number of nitrogen functional groups attached to an aromatic ring is 1. The maximum Gasteiger partial charge on any atom is 0.418 e. The van der Waals surface area contributed by atoms with Crippen LogP contribution >= 0.6 is 0 Å². The van der Waals surface area contributed by atoms with E-state index in [1.807, 2.05) is 24.3 Å². The Hall–Kier alpha value is -4.35. The lowest BCUT2D eigenvalue weighted by molar-refractivity contribution is -0.136.